The molecule has 0 amide bonds. The van der Waals surface area contributed by atoms with Crippen LogP contribution in [0.5, 0.6) is 5.75 Å². The number of hydrogen-bond donors (Lipinski definition) is 3. The van der Waals surface area contributed by atoms with Crippen LogP contribution in [0, 0.1) is 6.92 Å². The fourth-order valence-corrected chi connectivity index (χ4v) is 7.71. The number of aromatic hydroxyl groups is 1. The van der Waals surface area contributed by atoms with Crippen LogP contribution in [-0.2, 0) is 31.4 Å². The predicted molar refractivity (Wildman–Crippen MR) is 156 cm³/mol. The molecule has 0 saturated carbocycles. The number of hydrogen-bond acceptors (Lipinski definition) is 8. The van der Waals surface area contributed by atoms with Crippen LogP contribution in [0.3, 0.4) is 0 Å². The average Bonchev–Trinajstić information content (AvgIpc) is 3.38. The Labute approximate surface area is 238 Å². The summed E-state index contributed by atoms with van der Waals surface area (Å²) in [7, 11) is -3.73. The Morgan fingerprint density at radius 1 is 1.13 bits per heavy atom. The maximum Gasteiger partial charge on any atom is 0.348 e. The van der Waals surface area contributed by atoms with Gasteiger partial charge in [0.15, 0.2) is 0 Å². The summed E-state index contributed by atoms with van der Waals surface area (Å²) in [5.74, 6) is -0.421. The van der Waals surface area contributed by atoms with Gasteiger partial charge in [-0.15, -0.1) is 11.3 Å². The summed E-state index contributed by atoms with van der Waals surface area (Å²) in [6.45, 7) is 9.63. The summed E-state index contributed by atoms with van der Waals surface area (Å²) in [6.07, 6.45) is 1.31. The highest BCUT2D eigenvalue weighted by molar-refractivity contribution is 8.04. The first-order valence-electron chi connectivity index (χ1n) is 12.5. The highest BCUT2D eigenvalue weighted by atomic mass is 32.2. The molecule has 1 aliphatic heterocycles. The minimum absolute atomic E-state index is 0.0237. The molecule has 10 heteroatoms. The molecule has 1 atom stereocenters. The fourth-order valence-electron chi connectivity index (χ4n) is 4.35. The fraction of sp³-hybridized carbons (Fsp3) is 0.345. The smallest absolute Gasteiger partial charge is 0.348 e. The molecule has 7 nitrogen and oxygen atoms in total. The first-order valence-corrected chi connectivity index (χ1v) is 15.7. The number of carbonyl (C=O) groups is 1. The highest BCUT2D eigenvalue weighted by Crippen LogP contribution is 2.44. The van der Waals surface area contributed by atoms with Crippen molar-refractivity contribution in [3.63, 3.8) is 0 Å². The van der Waals surface area contributed by atoms with E-state index >= 15 is 0 Å². The number of rotatable bonds is 8. The molecule has 0 fully saturated rings. The number of nitrogens with one attached hydrogen (secondary N) is 1. The number of esters is 1. The van der Waals surface area contributed by atoms with Crippen LogP contribution in [0.4, 0.5) is 5.69 Å². The van der Waals surface area contributed by atoms with Gasteiger partial charge in [-0.1, -0.05) is 50.7 Å². The average molecular weight is 588 g/mol. The summed E-state index contributed by atoms with van der Waals surface area (Å²) >= 11 is 2.29. The predicted octanol–water partition coefficient (Wildman–Crippen LogP) is 7.06. The summed E-state index contributed by atoms with van der Waals surface area (Å²) < 4.78 is 34.5. The van der Waals surface area contributed by atoms with Crippen molar-refractivity contribution in [3.8, 4) is 5.75 Å². The Bertz CT molecular complexity index is 1500. The molecule has 4 rings (SSSR count). The number of aliphatic hydroxyl groups excluding tert-OH is 1. The van der Waals surface area contributed by atoms with Gasteiger partial charge in [-0.05, 0) is 84.5 Å². The van der Waals surface area contributed by atoms with Crippen LogP contribution >= 0.6 is 23.1 Å². The van der Waals surface area contributed by atoms with Gasteiger partial charge in [-0.2, -0.15) is 0 Å². The Morgan fingerprint density at radius 3 is 2.41 bits per heavy atom. The lowest BCUT2D eigenvalue weighted by Crippen LogP contribution is -2.37. The van der Waals surface area contributed by atoms with Crippen LogP contribution in [-0.4, -0.2) is 30.2 Å². The van der Waals surface area contributed by atoms with E-state index in [-0.39, 0.29) is 32.5 Å². The molecule has 2 heterocycles. The van der Waals surface area contributed by atoms with Gasteiger partial charge in [-0.3, -0.25) is 4.72 Å². The molecule has 2 aromatic carbocycles. The van der Waals surface area contributed by atoms with Crippen molar-refractivity contribution >= 4 is 44.8 Å². The summed E-state index contributed by atoms with van der Waals surface area (Å²) in [4.78, 5) is 14.0. The number of benzene rings is 2. The quantitative estimate of drug-likeness (QED) is 0.242. The Balaban J connectivity index is 1.59. The van der Waals surface area contributed by atoms with Crippen molar-refractivity contribution in [2.24, 2.45) is 0 Å². The highest BCUT2D eigenvalue weighted by Gasteiger charge is 2.39. The second-order valence-corrected chi connectivity index (χ2v) is 14.9. The molecule has 0 aliphatic carbocycles. The van der Waals surface area contributed by atoms with Crippen molar-refractivity contribution in [2.45, 2.75) is 74.0 Å². The molecule has 1 unspecified atom stereocenters. The number of phenols is 1. The maximum atomic E-state index is 13.1. The minimum atomic E-state index is -3.73. The van der Waals surface area contributed by atoms with Gasteiger partial charge in [0.1, 0.15) is 26.2 Å². The third-order valence-corrected chi connectivity index (χ3v) is 10.5. The van der Waals surface area contributed by atoms with E-state index in [1.54, 1.807) is 42.6 Å². The minimum Gasteiger partial charge on any atom is -0.511 e. The van der Waals surface area contributed by atoms with E-state index in [0.29, 0.717) is 24.1 Å². The Hall–Kier alpha value is -2.95. The van der Waals surface area contributed by atoms with Crippen LogP contribution in [0.15, 0.2) is 73.7 Å². The summed E-state index contributed by atoms with van der Waals surface area (Å²) in [5.41, 5.74) is 1.73. The summed E-state index contributed by atoms with van der Waals surface area (Å²) in [5, 5.41) is 22.2. The number of phenolic OH excluding ortho intramolecular Hbond substituents is 1. The van der Waals surface area contributed by atoms with Crippen LogP contribution in [0.1, 0.15) is 57.2 Å². The van der Waals surface area contributed by atoms with Crippen LogP contribution in [0.25, 0.3) is 0 Å². The number of ether oxygens (including phenoxy) is 1. The lowest BCUT2D eigenvalue weighted by molar-refractivity contribution is -0.156. The van der Waals surface area contributed by atoms with Crippen molar-refractivity contribution in [1.29, 1.82) is 0 Å². The van der Waals surface area contributed by atoms with Gasteiger partial charge in [0.2, 0.25) is 0 Å². The number of cyclic esters (lactones) is 1. The molecule has 0 bridgehead atoms. The van der Waals surface area contributed by atoms with Gasteiger partial charge < -0.3 is 14.9 Å². The zero-order valence-electron chi connectivity index (χ0n) is 22.6. The lowest BCUT2D eigenvalue weighted by atomic mass is 9.86. The molecule has 1 aromatic heterocycles. The van der Waals surface area contributed by atoms with Gasteiger partial charge in [0.05, 0.1) is 5.69 Å². The normalized spacial score (nSPS) is 18.2. The number of thiophene rings is 1. The SMILES string of the molecule is Cc1cc(SC2=C(O)CC(C)(CCc3ccc(O)cc3)OC2=O)c(C(C)(C)C)cc1NS(=O)(=O)c1cccs1. The van der Waals surface area contributed by atoms with Gasteiger partial charge in [0, 0.05) is 11.3 Å². The topological polar surface area (TPSA) is 113 Å². The first-order chi connectivity index (χ1) is 18.2. The molecular formula is C29H33NO6S3. The number of aryl methyl sites for hydroxylation is 2. The lowest BCUT2D eigenvalue weighted by Gasteiger charge is -2.34. The second-order valence-electron chi connectivity index (χ2n) is 11.0. The van der Waals surface area contributed by atoms with E-state index < -0.39 is 21.6 Å². The van der Waals surface area contributed by atoms with E-state index in [2.05, 4.69) is 4.72 Å². The molecule has 0 spiro atoms. The van der Waals surface area contributed by atoms with E-state index in [0.717, 1.165) is 39.1 Å². The van der Waals surface area contributed by atoms with E-state index in [4.69, 9.17) is 4.74 Å². The Morgan fingerprint density at radius 2 is 1.82 bits per heavy atom. The van der Waals surface area contributed by atoms with Crippen molar-refractivity contribution in [2.75, 3.05) is 4.72 Å². The van der Waals surface area contributed by atoms with Gasteiger partial charge in [0.25, 0.3) is 10.0 Å². The monoisotopic (exact) mass is 587 g/mol. The molecular weight excluding hydrogens is 555 g/mol. The number of anilines is 1. The van der Waals surface area contributed by atoms with Crippen LogP contribution < -0.4 is 4.72 Å². The molecule has 3 aromatic rings. The number of sulfonamides is 1. The maximum absolute atomic E-state index is 13.1. The Kier molecular flexibility index (Phi) is 8.12. The standard InChI is InChI=1S/C29H33NO6S3/c1-18-15-24(21(28(2,3)4)16-22(18)30-39(34,35)25-7-6-14-37-25)38-26-23(32)17-29(5,36-27(26)33)13-12-19-8-10-20(31)11-9-19/h6-11,14-16,30-32H,12-13,17H2,1-5H3. The molecule has 208 valence electrons. The summed E-state index contributed by atoms with van der Waals surface area (Å²) in [6, 6.07) is 13.8. The first kappa shape index (κ1) is 29.0. The number of thioether (sulfide) groups is 1. The van der Waals surface area contributed by atoms with Gasteiger partial charge in [-0.25, -0.2) is 13.2 Å². The van der Waals surface area contributed by atoms with Gasteiger partial charge >= 0.3 is 5.97 Å². The third kappa shape index (κ3) is 6.80. The zero-order valence-corrected chi connectivity index (χ0v) is 25.0. The molecule has 3 N–H and O–H groups in total. The second kappa shape index (κ2) is 10.9. The van der Waals surface area contributed by atoms with E-state index in [1.807, 2.05) is 45.9 Å². The zero-order chi connectivity index (χ0) is 28.6. The molecule has 0 saturated heterocycles. The van der Waals surface area contributed by atoms with Crippen molar-refractivity contribution in [3.05, 3.63) is 81.3 Å². The van der Waals surface area contributed by atoms with Crippen molar-refractivity contribution < 1.29 is 28.2 Å². The molecule has 0 radical (unpaired) electrons. The third-order valence-electron chi connectivity index (χ3n) is 6.56. The molecule has 1 aliphatic rings. The number of carbonyl (C=O) groups excluding carboxylic acids is 1. The van der Waals surface area contributed by atoms with Crippen molar-refractivity contribution in [1.82, 2.24) is 0 Å². The number of aliphatic hydroxyl groups is 1. The van der Waals surface area contributed by atoms with E-state index in [9.17, 15) is 23.4 Å². The molecule has 39 heavy (non-hydrogen) atoms. The van der Waals surface area contributed by atoms with E-state index in [1.165, 1.54) is 0 Å². The largest absolute Gasteiger partial charge is 0.511 e. The van der Waals surface area contributed by atoms with Crippen LogP contribution in [0.2, 0.25) is 0 Å².